The second-order valence-corrected chi connectivity index (χ2v) is 7.20. The predicted octanol–water partition coefficient (Wildman–Crippen LogP) is 3.44. The predicted molar refractivity (Wildman–Crippen MR) is 99.2 cm³/mol. The molecule has 4 heterocycles. The first-order valence-corrected chi connectivity index (χ1v) is 9.06. The summed E-state index contributed by atoms with van der Waals surface area (Å²) < 4.78 is 27.9. The fourth-order valence-corrected chi connectivity index (χ4v) is 3.71. The van der Waals surface area contributed by atoms with Crippen molar-refractivity contribution >= 4 is 52.0 Å². The Balaban J connectivity index is 1.56. The third-order valence-corrected chi connectivity index (χ3v) is 4.97. The van der Waals surface area contributed by atoms with Gasteiger partial charge in [-0.1, -0.05) is 23.2 Å². The maximum Gasteiger partial charge on any atom is 0.383 e. The van der Waals surface area contributed by atoms with E-state index in [0.29, 0.717) is 42.0 Å². The Morgan fingerprint density at radius 2 is 1.56 bits per heavy atom. The van der Waals surface area contributed by atoms with Gasteiger partial charge in [-0.15, -0.1) is 15.3 Å². The number of nitrogens with zero attached hydrogens (tertiary/aromatic N) is 7. The van der Waals surface area contributed by atoms with E-state index in [9.17, 15) is 8.78 Å². The van der Waals surface area contributed by atoms with Gasteiger partial charge in [-0.3, -0.25) is 4.98 Å². The van der Waals surface area contributed by atoms with Crippen molar-refractivity contribution in [3.8, 4) is 0 Å². The minimum Gasteiger partial charge on any atom is -0.365 e. The monoisotopic (exact) mass is 433 g/mol. The molecule has 1 aliphatic rings. The minimum absolute atomic E-state index is 0.197. The third-order valence-electron chi connectivity index (χ3n) is 4.25. The molecule has 27 heavy (non-hydrogen) atoms. The maximum atomic E-state index is 13.5. The molecule has 0 N–H and O–H groups in total. The Morgan fingerprint density at radius 3 is 2.19 bits per heavy atom. The van der Waals surface area contributed by atoms with Gasteiger partial charge in [-0.25, -0.2) is 0 Å². The second kappa shape index (κ2) is 6.88. The lowest BCUT2D eigenvalue weighted by Crippen LogP contribution is -2.47. The Morgan fingerprint density at radius 1 is 0.926 bits per heavy atom. The summed E-state index contributed by atoms with van der Waals surface area (Å²) in [5.41, 5.74) is 0.933. The average Bonchev–Trinajstić information content (AvgIpc) is 3.05. The fourth-order valence-electron chi connectivity index (χ4n) is 2.99. The number of aromatic nitrogens is 5. The van der Waals surface area contributed by atoms with Gasteiger partial charge in [-0.2, -0.15) is 13.3 Å². The number of halogens is 5. The van der Waals surface area contributed by atoms with E-state index in [1.165, 1.54) is 0 Å². The van der Waals surface area contributed by atoms with Gasteiger partial charge in [0.2, 0.25) is 5.82 Å². The minimum atomic E-state index is -3.65. The van der Waals surface area contributed by atoms with Gasteiger partial charge in [0.1, 0.15) is 5.82 Å². The largest absolute Gasteiger partial charge is 0.383 e. The number of hydrogen-bond acceptors (Lipinski definition) is 6. The van der Waals surface area contributed by atoms with Crippen molar-refractivity contribution in [1.82, 2.24) is 24.8 Å². The first-order chi connectivity index (χ1) is 12.8. The van der Waals surface area contributed by atoms with Crippen molar-refractivity contribution in [3.63, 3.8) is 0 Å². The van der Waals surface area contributed by atoms with Crippen molar-refractivity contribution in [1.29, 1.82) is 0 Å². The molecule has 1 fully saturated rings. The Kier molecular flexibility index (Phi) is 4.69. The SMILES string of the molecule is FC(F)(Cl)c1nnc2ccc(N3CCN(c4c(Cl)cncc4Cl)CC3)nn12. The van der Waals surface area contributed by atoms with E-state index in [-0.39, 0.29) is 5.65 Å². The van der Waals surface area contributed by atoms with Gasteiger partial charge < -0.3 is 9.80 Å². The molecule has 1 aliphatic heterocycles. The number of anilines is 2. The summed E-state index contributed by atoms with van der Waals surface area (Å²) in [6, 6.07) is 3.28. The fraction of sp³-hybridized carbons (Fsp3) is 0.333. The molecule has 142 valence electrons. The lowest BCUT2D eigenvalue weighted by molar-refractivity contribution is 0.0820. The van der Waals surface area contributed by atoms with Crippen LogP contribution in [-0.4, -0.2) is 51.0 Å². The zero-order valence-electron chi connectivity index (χ0n) is 13.7. The highest BCUT2D eigenvalue weighted by Crippen LogP contribution is 2.34. The molecule has 1 saturated heterocycles. The van der Waals surface area contributed by atoms with Crippen LogP contribution >= 0.6 is 34.8 Å². The molecule has 0 unspecified atom stereocenters. The van der Waals surface area contributed by atoms with Crippen LogP contribution in [0.1, 0.15) is 5.82 Å². The molecule has 0 bridgehead atoms. The van der Waals surface area contributed by atoms with E-state index in [0.717, 1.165) is 10.2 Å². The molecule has 3 aromatic rings. The van der Waals surface area contributed by atoms with E-state index in [1.807, 2.05) is 4.90 Å². The normalized spacial score (nSPS) is 15.6. The Hall–Kier alpha value is -1.97. The van der Waals surface area contributed by atoms with Gasteiger partial charge in [0, 0.05) is 38.6 Å². The highest BCUT2D eigenvalue weighted by molar-refractivity contribution is 6.38. The van der Waals surface area contributed by atoms with Crippen molar-refractivity contribution in [3.05, 3.63) is 40.4 Å². The number of piperazine rings is 1. The van der Waals surface area contributed by atoms with Crippen molar-refractivity contribution in [2.24, 2.45) is 0 Å². The van der Waals surface area contributed by atoms with E-state index in [2.05, 4.69) is 25.2 Å². The van der Waals surface area contributed by atoms with Crippen LogP contribution in [0.15, 0.2) is 24.5 Å². The number of alkyl halides is 3. The van der Waals surface area contributed by atoms with Crippen LogP contribution in [-0.2, 0) is 5.38 Å². The van der Waals surface area contributed by atoms with Crippen LogP contribution in [0.25, 0.3) is 5.65 Å². The summed E-state index contributed by atoms with van der Waals surface area (Å²) in [6.45, 7) is 2.46. The van der Waals surface area contributed by atoms with E-state index >= 15 is 0 Å². The van der Waals surface area contributed by atoms with Crippen molar-refractivity contribution < 1.29 is 8.78 Å². The lowest BCUT2D eigenvalue weighted by atomic mass is 10.2. The molecule has 0 radical (unpaired) electrons. The van der Waals surface area contributed by atoms with Gasteiger partial charge in [0.15, 0.2) is 5.65 Å². The summed E-state index contributed by atoms with van der Waals surface area (Å²) in [7, 11) is 0. The van der Waals surface area contributed by atoms with Gasteiger partial charge >= 0.3 is 5.38 Å². The molecule has 0 amide bonds. The summed E-state index contributed by atoms with van der Waals surface area (Å²) in [6.07, 6.45) is 3.09. The molecule has 3 aromatic heterocycles. The number of hydrogen-bond donors (Lipinski definition) is 0. The topological polar surface area (TPSA) is 62.5 Å². The summed E-state index contributed by atoms with van der Waals surface area (Å²) in [5.74, 6) is -0.189. The van der Waals surface area contributed by atoms with Crippen molar-refractivity contribution in [2.45, 2.75) is 5.38 Å². The van der Waals surface area contributed by atoms with E-state index in [4.69, 9.17) is 34.8 Å². The van der Waals surface area contributed by atoms with Gasteiger partial charge in [0.05, 0.1) is 15.7 Å². The van der Waals surface area contributed by atoms with Gasteiger partial charge in [-0.05, 0) is 23.7 Å². The number of pyridine rings is 1. The Bertz CT molecular complexity index is 963. The molecular formula is C15H12Cl3F2N7. The Labute approximate surface area is 167 Å². The van der Waals surface area contributed by atoms with Gasteiger partial charge in [0.25, 0.3) is 0 Å². The second-order valence-electron chi connectivity index (χ2n) is 5.91. The van der Waals surface area contributed by atoms with E-state index < -0.39 is 11.2 Å². The highest BCUT2D eigenvalue weighted by atomic mass is 35.5. The molecule has 12 heteroatoms. The molecule has 0 spiro atoms. The van der Waals surface area contributed by atoms with Crippen LogP contribution in [0.4, 0.5) is 20.3 Å². The van der Waals surface area contributed by atoms with Crippen LogP contribution in [0.2, 0.25) is 10.0 Å². The molecule has 0 saturated carbocycles. The zero-order chi connectivity index (χ0) is 19.2. The van der Waals surface area contributed by atoms with E-state index in [1.54, 1.807) is 24.5 Å². The van der Waals surface area contributed by atoms with Crippen LogP contribution in [0.5, 0.6) is 0 Å². The number of fused-ring (bicyclic) bond motifs is 1. The standard InChI is InChI=1S/C15H12Cl3F2N7/c16-9-7-21-8-10(17)13(9)26-5-3-25(4-6-26)12-2-1-11-22-23-14(15(18,19)20)27(11)24-12/h1-2,7-8H,3-6H2. The third kappa shape index (κ3) is 3.46. The highest BCUT2D eigenvalue weighted by Gasteiger charge is 2.35. The zero-order valence-corrected chi connectivity index (χ0v) is 15.9. The quantitative estimate of drug-likeness (QED) is 0.589. The molecule has 0 aromatic carbocycles. The summed E-state index contributed by atoms with van der Waals surface area (Å²) in [4.78, 5) is 7.98. The number of rotatable bonds is 3. The first kappa shape index (κ1) is 18.4. The van der Waals surface area contributed by atoms with Crippen LogP contribution in [0, 0.1) is 0 Å². The van der Waals surface area contributed by atoms with Crippen LogP contribution in [0.3, 0.4) is 0 Å². The molecule has 0 atom stereocenters. The summed E-state index contributed by atoms with van der Waals surface area (Å²) >= 11 is 17.5. The average molecular weight is 435 g/mol. The molecule has 7 nitrogen and oxygen atoms in total. The first-order valence-electron chi connectivity index (χ1n) is 7.93. The molecule has 0 aliphatic carbocycles. The van der Waals surface area contributed by atoms with Crippen LogP contribution < -0.4 is 9.80 Å². The smallest absolute Gasteiger partial charge is 0.365 e. The summed E-state index contributed by atoms with van der Waals surface area (Å²) in [5, 5.41) is 8.63. The van der Waals surface area contributed by atoms with Crippen molar-refractivity contribution in [2.75, 3.05) is 36.0 Å². The lowest BCUT2D eigenvalue weighted by Gasteiger charge is -2.37. The molecule has 4 rings (SSSR count). The molecular weight excluding hydrogens is 423 g/mol. The maximum absolute atomic E-state index is 13.5.